The normalized spacial score (nSPS) is 10.6. The Labute approximate surface area is 127 Å². The second-order valence-electron chi connectivity index (χ2n) is 5.26. The molecule has 0 atom stereocenters. The van der Waals surface area contributed by atoms with Gasteiger partial charge in [-0.05, 0) is 28.8 Å². The molecule has 2 N–H and O–H groups in total. The molecule has 3 rings (SSSR count). The molecule has 3 aromatic rings. The van der Waals surface area contributed by atoms with Crippen LogP contribution in [0.2, 0.25) is 0 Å². The number of nitrogens with one attached hydrogen (secondary N) is 2. The van der Waals surface area contributed by atoms with E-state index in [1.807, 2.05) is 42.5 Å². The largest absolute Gasteiger partial charge is 0.327 e. The molecule has 0 saturated heterocycles. The quantitative estimate of drug-likeness (QED) is 0.779. The maximum Gasteiger partial charge on any atom is 0.248 e. The summed E-state index contributed by atoms with van der Waals surface area (Å²) in [6.45, 7) is 1.79. The second-order valence-corrected chi connectivity index (χ2v) is 5.26. The summed E-state index contributed by atoms with van der Waals surface area (Å²) in [5.74, 6) is -0.105. The van der Waals surface area contributed by atoms with Gasteiger partial charge in [0.05, 0.1) is 12.1 Å². The monoisotopic (exact) mass is 292 g/mol. The van der Waals surface area contributed by atoms with E-state index in [1.54, 1.807) is 6.92 Å². The lowest BCUT2D eigenvalue weighted by atomic mass is 10.0. The fourth-order valence-corrected chi connectivity index (χ4v) is 2.52. The van der Waals surface area contributed by atoms with Gasteiger partial charge in [0.1, 0.15) is 0 Å². The molecule has 4 nitrogen and oxygen atoms in total. The first-order chi connectivity index (χ1) is 10.6. The van der Waals surface area contributed by atoms with Crippen LogP contribution in [0.15, 0.2) is 59.5 Å². The minimum atomic E-state index is -0.176. The van der Waals surface area contributed by atoms with E-state index in [-0.39, 0.29) is 11.5 Å². The predicted octanol–water partition coefficient (Wildman–Crippen LogP) is 3.02. The Hall–Kier alpha value is -2.88. The van der Waals surface area contributed by atoms with Gasteiger partial charge in [-0.25, -0.2) is 0 Å². The van der Waals surface area contributed by atoms with Crippen LogP contribution < -0.4 is 10.9 Å². The molecule has 0 aliphatic carbocycles. The summed E-state index contributed by atoms with van der Waals surface area (Å²) in [4.78, 5) is 26.0. The van der Waals surface area contributed by atoms with Crippen molar-refractivity contribution in [3.63, 3.8) is 0 Å². The van der Waals surface area contributed by atoms with Crippen LogP contribution >= 0.6 is 0 Å². The summed E-state index contributed by atoms with van der Waals surface area (Å²) in [6.07, 6.45) is 1.82. The van der Waals surface area contributed by atoms with Crippen LogP contribution in [-0.2, 0) is 11.2 Å². The standard InChI is InChI=1S/C18H16N2O2/c1-12-9-17(21)19-11-16(12)20-18(22)10-14-7-4-6-13-5-2-3-8-15(13)14/h2-9,11H,10H2,1H3,(H,19,21)(H,20,22). The van der Waals surface area contributed by atoms with Crippen molar-refractivity contribution < 1.29 is 4.79 Å². The molecule has 0 radical (unpaired) electrons. The molecule has 22 heavy (non-hydrogen) atoms. The zero-order valence-corrected chi connectivity index (χ0v) is 12.2. The molecular formula is C18H16N2O2. The Balaban J connectivity index is 1.83. The van der Waals surface area contributed by atoms with E-state index in [4.69, 9.17) is 0 Å². The van der Waals surface area contributed by atoms with Gasteiger partial charge in [0, 0.05) is 12.3 Å². The third kappa shape index (κ3) is 2.91. The number of rotatable bonds is 3. The summed E-state index contributed by atoms with van der Waals surface area (Å²) < 4.78 is 0. The van der Waals surface area contributed by atoms with E-state index in [0.717, 1.165) is 21.9 Å². The van der Waals surface area contributed by atoms with E-state index in [2.05, 4.69) is 10.3 Å². The average Bonchev–Trinajstić information content (AvgIpc) is 2.50. The molecule has 2 aromatic carbocycles. The van der Waals surface area contributed by atoms with Crippen molar-refractivity contribution in [2.45, 2.75) is 13.3 Å². The van der Waals surface area contributed by atoms with E-state index >= 15 is 0 Å². The summed E-state index contributed by atoms with van der Waals surface area (Å²) in [6, 6.07) is 15.4. The van der Waals surface area contributed by atoms with Crippen LogP contribution in [-0.4, -0.2) is 10.9 Å². The number of hydrogen-bond acceptors (Lipinski definition) is 2. The van der Waals surface area contributed by atoms with E-state index in [0.29, 0.717) is 12.1 Å². The number of carbonyl (C=O) groups is 1. The lowest BCUT2D eigenvalue weighted by Gasteiger charge is -2.09. The van der Waals surface area contributed by atoms with Gasteiger partial charge < -0.3 is 10.3 Å². The van der Waals surface area contributed by atoms with E-state index in [9.17, 15) is 9.59 Å². The number of aromatic amines is 1. The first-order valence-electron chi connectivity index (χ1n) is 7.09. The van der Waals surface area contributed by atoms with Crippen molar-refractivity contribution in [3.05, 3.63) is 76.2 Å². The number of aryl methyl sites for hydroxylation is 1. The number of fused-ring (bicyclic) bond motifs is 1. The Kier molecular flexibility index (Phi) is 3.74. The maximum absolute atomic E-state index is 12.3. The SMILES string of the molecule is Cc1cc(=O)[nH]cc1NC(=O)Cc1cccc2ccccc12. The highest BCUT2D eigenvalue weighted by molar-refractivity contribution is 5.96. The highest BCUT2D eigenvalue weighted by Gasteiger charge is 2.08. The van der Waals surface area contributed by atoms with Gasteiger partial charge in [0.2, 0.25) is 11.5 Å². The molecule has 0 fully saturated rings. The van der Waals surface area contributed by atoms with Crippen molar-refractivity contribution >= 4 is 22.4 Å². The summed E-state index contributed by atoms with van der Waals surface area (Å²) >= 11 is 0. The Morgan fingerprint density at radius 3 is 2.73 bits per heavy atom. The van der Waals surface area contributed by atoms with Crippen molar-refractivity contribution in [3.8, 4) is 0 Å². The lowest BCUT2D eigenvalue weighted by molar-refractivity contribution is -0.115. The van der Waals surface area contributed by atoms with Gasteiger partial charge in [-0.1, -0.05) is 42.5 Å². The summed E-state index contributed by atoms with van der Waals surface area (Å²) in [5, 5.41) is 5.04. The fourth-order valence-electron chi connectivity index (χ4n) is 2.52. The molecule has 110 valence electrons. The molecule has 1 aromatic heterocycles. The highest BCUT2D eigenvalue weighted by Crippen LogP contribution is 2.19. The molecule has 4 heteroatoms. The molecule has 1 amide bonds. The van der Waals surface area contributed by atoms with Crippen LogP contribution in [0.1, 0.15) is 11.1 Å². The topological polar surface area (TPSA) is 62.0 Å². The molecule has 0 bridgehead atoms. The molecule has 0 saturated carbocycles. The molecule has 0 aliphatic heterocycles. The Morgan fingerprint density at radius 2 is 1.91 bits per heavy atom. The second kappa shape index (κ2) is 5.85. The fraction of sp³-hybridized carbons (Fsp3) is 0.111. The van der Waals surface area contributed by atoms with Crippen LogP contribution in [0.25, 0.3) is 10.8 Å². The summed E-state index contributed by atoms with van der Waals surface area (Å²) in [7, 11) is 0. The number of aromatic nitrogens is 1. The molecule has 1 heterocycles. The van der Waals surface area contributed by atoms with Gasteiger partial charge in [-0.15, -0.1) is 0 Å². The smallest absolute Gasteiger partial charge is 0.248 e. The van der Waals surface area contributed by atoms with Gasteiger partial charge in [0.15, 0.2) is 0 Å². The lowest BCUT2D eigenvalue weighted by Crippen LogP contribution is -2.17. The minimum absolute atomic E-state index is 0.105. The van der Waals surface area contributed by atoms with Crippen molar-refractivity contribution in [2.75, 3.05) is 5.32 Å². The molecule has 0 unspecified atom stereocenters. The zero-order chi connectivity index (χ0) is 15.5. The Morgan fingerprint density at radius 1 is 1.14 bits per heavy atom. The van der Waals surface area contributed by atoms with E-state index < -0.39 is 0 Å². The molecule has 0 aliphatic rings. The molecular weight excluding hydrogens is 276 g/mol. The third-order valence-electron chi connectivity index (χ3n) is 3.64. The van der Waals surface area contributed by atoms with Gasteiger partial charge >= 0.3 is 0 Å². The van der Waals surface area contributed by atoms with Crippen molar-refractivity contribution in [2.24, 2.45) is 0 Å². The number of benzene rings is 2. The third-order valence-corrected chi connectivity index (χ3v) is 3.64. The first kappa shape index (κ1) is 14.1. The minimum Gasteiger partial charge on any atom is -0.327 e. The maximum atomic E-state index is 12.3. The van der Waals surface area contributed by atoms with Gasteiger partial charge in [-0.2, -0.15) is 0 Å². The highest BCUT2D eigenvalue weighted by atomic mass is 16.1. The number of amides is 1. The van der Waals surface area contributed by atoms with Crippen molar-refractivity contribution in [1.29, 1.82) is 0 Å². The number of H-pyrrole nitrogens is 1. The number of carbonyl (C=O) groups excluding carboxylic acids is 1. The van der Waals surface area contributed by atoms with Crippen molar-refractivity contribution in [1.82, 2.24) is 4.98 Å². The summed E-state index contributed by atoms with van der Waals surface area (Å²) in [5.41, 5.74) is 2.18. The van der Waals surface area contributed by atoms with Crippen LogP contribution in [0.5, 0.6) is 0 Å². The van der Waals surface area contributed by atoms with Crippen LogP contribution in [0, 0.1) is 6.92 Å². The number of anilines is 1. The van der Waals surface area contributed by atoms with Gasteiger partial charge in [0.25, 0.3) is 0 Å². The Bertz CT molecular complexity index is 891. The predicted molar refractivity (Wildman–Crippen MR) is 88.1 cm³/mol. The van der Waals surface area contributed by atoms with Crippen LogP contribution in [0.4, 0.5) is 5.69 Å². The number of pyridine rings is 1. The van der Waals surface area contributed by atoms with Crippen LogP contribution in [0.3, 0.4) is 0 Å². The first-order valence-corrected chi connectivity index (χ1v) is 7.09. The average molecular weight is 292 g/mol. The van der Waals surface area contributed by atoms with E-state index in [1.165, 1.54) is 12.3 Å². The zero-order valence-electron chi connectivity index (χ0n) is 12.2. The van der Waals surface area contributed by atoms with Gasteiger partial charge in [-0.3, -0.25) is 9.59 Å². The molecule has 0 spiro atoms. The number of hydrogen-bond donors (Lipinski definition) is 2.